The molecule has 0 saturated heterocycles. The molecule has 1 rings (SSSR count). The molecule has 0 aliphatic rings. The average molecular weight is 233 g/mol. The molecule has 1 aromatic carbocycles. The van der Waals surface area contributed by atoms with E-state index in [-0.39, 0.29) is 0 Å². The molecule has 0 fully saturated rings. The number of hydrogen-bond donors (Lipinski definition) is 0. The van der Waals surface area contributed by atoms with Gasteiger partial charge in [-0.3, -0.25) is 0 Å². The standard InChI is InChI=1S/C12H16Ge/c1-13(2,3)11-7-10-12-8-5-4-6-9-12/h4-6,8-9H,10H2,1-3H3. The van der Waals surface area contributed by atoms with Crippen molar-refractivity contribution in [2.75, 3.05) is 0 Å². The minimum atomic E-state index is -1.62. The van der Waals surface area contributed by atoms with E-state index in [0.29, 0.717) is 0 Å². The SMILES string of the molecule is [CH3][Ge]([CH3])([CH3])[C]#CCc1ccccc1. The van der Waals surface area contributed by atoms with Crippen molar-refractivity contribution in [2.24, 2.45) is 0 Å². The van der Waals surface area contributed by atoms with Gasteiger partial charge in [-0.15, -0.1) is 0 Å². The van der Waals surface area contributed by atoms with Crippen molar-refractivity contribution >= 4 is 13.3 Å². The summed E-state index contributed by atoms with van der Waals surface area (Å²) in [6.07, 6.45) is 0.906. The van der Waals surface area contributed by atoms with Crippen LogP contribution >= 0.6 is 0 Å². The van der Waals surface area contributed by atoms with Crippen LogP contribution in [0.5, 0.6) is 0 Å². The van der Waals surface area contributed by atoms with Gasteiger partial charge in [0.05, 0.1) is 0 Å². The number of benzene rings is 1. The third-order valence-corrected chi connectivity index (χ3v) is 3.54. The summed E-state index contributed by atoms with van der Waals surface area (Å²) in [5, 5.41) is 0. The van der Waals surface area contributed by atoms with Crippen molar-refractivity contribution in [3.8, 4) is 10.7 Å². The van der Waals surface area contributed by atoms with Crippen molar-refractivity contribution in [3.63, 3.8) is 0 Å². The van der Waals surface area contributed by atoms with Crippen LogP contribution in [0.2, 0.25) is 17.3 Å². The van der Waals surface area contributed by atoms with Crippen LogP contribution in [0, 0.1) is 10.7 Å². The third-order valence-electron chi connectivity index (χ3n) is 1.60. The summed E-state index contributed by atoms with van der Waals surface area (Å²) >= 11 is -1.62. The van der Waals surface area contributed by atoms with Crippen LogP contribution in [0.4, 0.5) is 0 Å². The second kappa shape index (κ2) is 4.53. The predicted octanol–water partition coefficient (Wildman–Crippen LogP) is 3.11. The monoisotopic (exact) mass is 234 g/mol. The molecule has 68 valence electrons. The second-order valence-electron chi connectivity index (χ2n) is 4.21. The van der Waals surface area contributed by atoms with Crippen molar-refractivity contribution in [1.82, 2.24) is 0 Å². The normalized spacial score (nSPS) is 10.4. The summed E-state index contributed by atoms with van der Waals surface area (Å²) in [5.74, 6) is 10.2. The molecule has 0 nitrogen and oxygen atoms in total. The first-order valence-corrected chi connectivity index (χ1v) is 12.0. The van der Waals surface area contributed by atoms with Gasteiger partial charge in [0, 0.05) is 0 Å². The van der Waals surface area contributed by atoms with Gasteiger partial charge in [-0.05, 0) is 0 Å². The Morgan fingerprint density at radius 2 is 1.69 bits per heavy atom. The van der Waals surface area contributed by atoms with E-state index in [2.05, 4.69) is 52.2 Å². The van der Waals surface area contributed by atoms with Crippen molar-refractivity contribution < 1.29 is 0 Å². The van der Waals surface area contributed by atoms with Crippen LogP contribution in [0.3, 0.4) is 0 Å². The number of rotatable bonds is 1. The van der Waals surface area contributed by atoms with E-state index < -0.39 is 13.3 Å². The first-order valence-electron chi connectivity index (χ1n) is 4.62. The topological polar surface area (TPSA) is 0 Å². The fourth-order valence-corrected chi connectivity index (χ4v) is 2.31. The van der Waals surface area contributed by atoms with Crippen molar-refractivity contribution in [1.29, 1.82) is 0 Å². The molecular formula is C12H16Ge. The molecule has 0 atom stereocenters. The van der Waals surface area contributed by atoms with Gasteiger partial charge < -0.3 is 0 Å². The van der Waals surface area contributed by atoms with E-state index in [1.165, 1.54) is 5.56 Å². The van der Waals surface area contributed by atoms with E-state index in [0.717, 1.165) is 6.42 Å². The molecule has 1 heteroatoms. The Bertz CT molecular complexity index is 308. The zero-order chi connectivity index (χ0) is 9.73. The fraction of sp³-hybridized carbons (Fsp3) is 0.333. The molecule has 0 heterocycles. The maximum atomic E-state index is 3.41. The quantitative estimate of drug-likeness (QED) is 0.516. The Hall–Kier alpha value is -0.677. The van der Waals surface area contributed by atoms with Gasteiger partial charge in [-0.2, -0.15) is 0 Å². The first-order chi connectivity index (χ1) is 6.08. The Morgan fingerprint density at radius 3 is 2.23 bits per heavy atom. The zero-order valence-corrected chi connectivity index (χ0v) is 10.7. The van der Waals surface area contributed by atoms with Gasteiger partial charge >= 0.3 is 83.5 Å². The Kier molecular flexibility index (Phi) is 3.62. The van der Waals surface area contributed by atoms with Gasteiger partial charge in [-0.25, -0.2) is 0 Å². The van der Waals surface area contributed by atoms with Gasteiger partial charge in [0.25, 0.3) is 0 Å². The molecule has 13 heavy (non-hydrogen) atoms. The van der Waals surface area contributed by atoms with Gasteiger partial charge in [0.2, 0.25) is 0 Å². The Morgan fingerprint density at radius 1 is 1.08 bits per heavy atom. The molecule has 0 aromatic heterocycles. The van der Waals surface area contributed by atoms with Crippen LogP contribution in [-0.4, -0.2) is 13.3 Å². The molecule has 0 saturated carbocycles. The average Bonchev–Trinajstić information content (AvgIpc) is 2.04. The van der Waals surface area contributed by atoms with Crippen LogP contribution < -0.4 is 0 Å². The van der Waals surface area contributed by atoms with Gasteiger partial charge in [0.1, 0.15) is 0 Å². The second-order valence-corrected chi connectivity index (χ2v) is 14.2. The van der Waals surface area contributed by atoms with E-state index >= 15 is 0 Å². The molecule has 0 spiro atoms. The molecule has 0 amide bonds. The molecule has 0 N–H and O–H groups in total. The van der Waals surface area contributed by atoms with E-state index in [9.17, 15) is 0 Å². The summed E-state index contributed by atoms with van der Waals surface area (Å²) in [7, 11) is 0. The summed E-state index contributed by atoms with van der Waals surface area (Å²) in [6, 6.07) is 10.4. The van der Waals surface area contributed by atoms with Crippen molar-refractivity contribution in [3.05, 3.63) is 35.9 Å². The summed E-state index contributed by atoms with van der Waals surface area (Å²) < 4.78 is 3.41. The Labute approximate surface area is 83.7 Å². The summed E-state index contributed by atoms with van der Waals surface area (Å²) in [6.45, 7) is 0. The first kappa shape index (κ1) is 10.4. The molecule has 0 unspecified atom stereocenters. The van der Waals surface area contributed by atoms with E-state index in [1.54, 1.807) is 0 Å². The van der Waals surface area contributed by atoms with Crippen LogP contribution in [0.1, 0.15) is 5.56 Å². The maximum absolute atomic E-state index is 3.41. The molecular weight excluding hydrogens is 217 g/mol. The molecule has 0 bridgehead atoms. The minimum absolute atomic E-state index is 0.906. The van der Waals surface area contributed by atoms with E-state index in [1.807, 2.05) is 6.07 Å². The zero-order valence-electron chi connectivity index (χ0n) is 8.59. The van der Waals surface area contributed by atoms with Crippen molar-refractivity contribution in [2.45, 2.75) is 23.7 Å². The summed E-state index contributed by atoms with van der Waals surface area (Å²) in [5.41, 5.74) is 1.32. The molecule has 0 aliphatic heterocycles. The van der Waals surface area contributed by atoms with Gasteiger partial charge in [-0.1, -0.05) is 0 Å². The predicted molar refractivity (Wildman–Crippen MR) is 61.3 cm³/mol. The third kappa shape index (κ3) is 4.80. The molecule has 0 radical (unpaired) electrons. The van der Waals surface area contributed by atoms with Crippen LogP contribution in [0.25, 0.3) is 0 Å². The van der Waals surface area contributed by atoms with Gasteiger partial charge in [0.15, 0.2) is 0 Å². The fourth-order valence-electron chi connectivity index (χ4n) is 1.01. The van der Waals surface area contributed by atoms with Crippen LogP contribution in [0.15, 0.2) is 30.3 Å². The Balaban J connectivity index is 2.56. The number of hydrogen-bond acceptors (Lipinski definition) is 0. The molecule has 1 aromatic rings. The molecule has 0 aliphatic carbocycles. The van der Waals surface area contributed by atoms with E-state index in [4.69, 9.17) is 0 Å². The van der Waals surface area contributed by atoms with Crippen LogP contribution in [-0.2, 0) is 6.42 Å². The summed E-state index contributed by atoms with van der Waals surface area (Å²) in [4.78, 5) is 0.